The quantitative estimate of drug-likeness (QED) is 0.278. The van der Waals surface area contributed by atoms with Crippen molar-refractivity contribution in [1.82, 2.24) is 5.43 Å². The van der Waals surface area contributed by atoms with Gasteiger partial charge in [-0.2, -0.15) is 5.10 Å². The minimum absolute atomic E-state index is 0. The van der Waals surface area contributed by atoms with E-state index in [1.165, 1.54) is 6.07 Å². The molecule has 24 heavy (non-hydrogen) atoms. The Morgan fingerprint density at radius 3 is 2.67 bits per heavy atom. The van der Waals surface area contributed by atoms with Gasteiger partial charge in [0, 0.05) is 0 Å². The van der Waals surface area contributed by atoms with Crippen molar-refractivity contribution in [1.29, 1.82) is 0 Å². The van der Waals surface area contributed by atoms with Crippen molar-refractivity contribution in [2.45, 2.75) is 5.09 Å². The fourth-order valence-corrected chi connectivity index (χ4v) is 2.07. The minimum atomic E-state index is -4.66. The predicted molar refractivity (Wildman–Crippen MR) is 79.4 cm³/mol. The smallest absolute Gasteiger partial charge is 0.742 e. The Balaban J connectivity index is 0.00000288. The van der Waals surface area contributed by atoms with Gasteiger partial charge in [-0.15, -0.1) is 0 Å². The second-order valence-corrected chi connectivity index (χ2v) is 5.84. The molecular formula is C13H10ClN2NaO6S. The fraction of sp³-hybridized carbons (Fsp3) is 0.0769. The molecule has 11 heteroatoms. The number of halogens is 1. The molecule has 2 rings (SSSR count). The summed E-state index contributed by atoms with van der Waals surface area (Å²) in [5, 5.41) is 3.18. The third-order valence-electron chi connectivity index (χ3n) is 2.42. The number of carbonyl (C=O) groups excluding carboxylic acids is 1. The Hall–Kier alpha value is -1.36. The van der Waals surface area contributed by atoms with Gasteiger partial charge in [0.1, 0.15) is 11.5 Å². The SMILES string of the molecule is O=C(COc1ccccc1Cl)N/N=C/c1ccc(S(=O)(=O)[O-])o1.[Na+]. The van der Waals surface area contributed by atoms with Crippen molar-refractivity contribution in [2.75, 3.05) is 6.61 Å². The Morgan fingerprint density at radius 1 is 1.33 bits per heavy atom. The van der Waals surface area contributed by atoms with E-state index >= 15 is 0 Å². The van der Waals surface area contributed by atoms with E-state index in [2.05, 4.69) is 10.5 Å². The molecule has 0 spiro atoms. The van der Waals surface area contributed by atoms with E-state index in [1.54, 1.807) is 24.3 Å². The molecule has 0 saturated carbocycles. The van der Waals surface area contributed by atoms with Crippen LogP contribution < -0.4 is 39.7 Å². The van der Waals surface area contributed by atoms with Crippen molar-refractivity contribution >= 4 is 33.8 Å². The van der Waals surface area contributed by atoms with Crippen LogP contribution in [0.4, 0.5) is 0 Å². The van der Waals surface area contributed by atoms with Gasteiger partial charge in [0.05, 0.1) is 11.2 Å². The zero-order valence-electron chi connectivity index (χ0n) is 12.4. The molecule has 0 bridgehead atoms. The zero-order valence-corrected chi connectivity index (χ0v) is 16.0. The number of hydrogen-bond acceptors (Lipinski definition) is 7. The van der Waals surface area contributed by atoms with E-state index in [9.17, 15) is 17.8 Å². The van der Waals surface area contributed by atoms with Crippen LogP contribution in [-0.2, 0) is 14.9 Å². The second kappa shape index (κ2) is 9.21. The summed E-state index contributed by atoms with van der Waals surface area (Å²) in [6.07, 6.45) is 1.04. The summed E-state index contributed by atoms with van der Waals surface area (Å²) in [6.45, 7) is -0.320. The topological polar surface area (TPSA) is 121 Å². The molecule has 0 aliphatic heterocycles. The Morgan fingerprint density at radius 2 is 2.04 bits per heavy atom. The summed E-state index contributed by atoms with van der Waals surface area (Å²) in [7, 11) is -4.66. The van der Waals surface area contributed by atoms with Gasteiger partial charge in [0.25, 0.3) is 5.91 Å². The van der Waals surface area contributed by atoms with Crippen molar-refractivity contribution < 1.29 is 56.5 Å². The van der Waals surface area contributed by atoms with Gasteiger partial charge in [-0.1, -0.05) is 23.7 Å². The molecular weight excluding hydrogens is 371 g/mol. The molecule has 0 radical (unpaired) electrons. The van der Waals surface area contributed by atoms with Crippen LogP contribution in [-0.4, -0.2) is 31.7 Å². The monoisotopic (exact) mass is 380 g/mol. The average molecular weight is 381 g/mol. The number of rotatable bonds is 6. The van der Waals surface area contributed by atoms with Crippen LogP contribution >= 0.6 is 11.6 Å². The van der Waals surface area contributed by atoms with Gasteiger partial charge in [-0.3, -0.25) is 4.79 Å². The molecule has 0 atom stereocenters. The Kier molecular flexibility index (Phi) is 7.94. The molecule has 0 saturated heterocycles. The minimum Gasteiger partial charge on any atom is -0.742 e. The van der Waals surface area contributed by atoms with Crippen LogP contribution in [0.2, 0.25) is 5.02 Å². The van der Waals surface area contributed by atoms with E-state index < -0.39 is 21.1 Å². The molecule has 1 heterocycles. The maximum Gasteiger partial charge on any atom is 1.00 e. The van der Waals surface area contributed by atoms with Crippen LogP contribution in [0.1, 0.15) is 5.76 Å². The molecule has 1 aromatic heterocycles. The average Bonchev–Trinajstić information content (AvgIpc) is 2.95. The number of para-hydroxylation sites is 1. The van der Waals surface area contributed by atoms with E-state index in [0.717, 1.165) is 12.3 Å². The summed E-state index contributed by atoms with van der Waals surface area (Å²) in [5.41, 5.74) is 2.14. The zero-order chi connectivity index (χ0) is 16.9. The van der Waals surface area contributed by atoms with E-state index in [4.69, 9.17) is 20.8 Å². The van der Waals surface area contributed by atoms with E-state index in [0.29, 0.717) is 10.8 Å². The molecule has 0 unspecified atom stereocenters. The number of amides is 1. The molecule has 0 fully saturated rings. The number of benzene rings is 1. The number of hydrazone groups is 1. The van der Waals surface area contributed by atoms with Crippen molar-refractivity contribution in [3.63, 3.8) is 0 Å². The number of carbonyl (C=O) groups is 1. The molecule has 8 nitrogen and oxygen atoms in total. The summed E-state index contributed by atoms with van der Waals surface area (Å²) in [5.74, 6) is -0.222. The number of furan rings is 1. The van der Waals surface area contributed by atoms with Crippen LogP contribution in [0.25, 0.3) is 0 Å². The first-order valence-corrected chi connectivity index (χ1v) is 7.90. The fourth-order valence-electron chi connectivity index (χ4n) is 1.44. The van der Waals surface area contributed by atoms with E-state index in [-0.39, 0.29) is 41.9 Å². The summed E-state index contributed by atoms with van der Waals surface area (Å²) < 4.78 is 42.0. The van der Waals surface area contributed by atoms with Crippen LogP contribution in [0, 0.1) is 0 Å². The summed E-state index contributed by atoms with van der Waals surface area (Å²) >= 11 is 5.86. The number of nitrogens with zero attached hydrogens (tertiary/aromatic N) is 1. The van der Waals surface area contributed by atoms with Gasteiger partial charge in [0.2, 0.25) is 5.09 Å². The molecule has 0 aliphatic rings. The van der Waals surface area contributed by atoms with Crippen molar-refractivity contribution in [3.8, 4) is 5.75 Å². The first-order chi connectivity index (χ1) is 10.9. The molecule has 1 N–H and O–H groups in total. The van der Waals surface area contributed by atoms with Gasteiger partial charge < -0.3 is 13.7 Å². The van der Waals surface area contributed by atoms with Gasteiger partial charge in [-0.05, 0) is 24.3 Å². The predicted octanol–water partition coefficient (Wildman–Crippen LogP) is -1.63. The standard InChI is InChI=1S/C13H11ClN2O6S.Na/c14-10-3-1-2-4-11(10)21-8-12(17)16-15-7-9-5-6-13(22-9)23(18,19)20;/h1-7H,8H2,(H,16,17)(H,18,19,20);/q;+1/p-1/b15-7+;. The van der Waals surface area contributed by atoms with Crippen molar-refractivity contribution in [3.05, 3.63) is 47.2 Å². The third-order valence-corrected chi connectivity index (χ3v) is 3.45. The number of ether oxygens (including phenoxy) is 1. The normalized spacial score (nSPS) is 11.1. The number of hydrogen-bond donors (Lipinski definition) is 1. The Bertz CT molecular complexity index is 836. The van der Waals surface area contributed by atoms with Gasteiger partial charge in [0.15, 0.2) is 16.7 Å². The molecule has 1 amide bonds. The first kappa shape index (κ1) is 20.7. The number of nitrogens with one attached hydrogen (secondary N) is 1. The first-order valence-electron chi connectivity index (χ1n) is 6.11. The second-order valence-electron chi connectivity index (χ2n) is 4.12. The molecule has 1 aromatic carbocycles. The largest absolute Gasteiger partial charge is 1.00 e. The molecule has 0 aliphatic carbocycles. The summed E-state index contributed by atoms with van der Waals surface area (Å²) in [6, 6.07) is 8.86. The van der Waals surface area contributed by atoms with Gasteiger partial charge in [-0.25, -0.2) is 13.8 Å². The Labute approximate surface area is 164 Å². The summed E-state index contributed by atoms with van der Waals surface area (Å²) in [4.78, 5) is 11.5. The van der Waals surface area contributed by atoms with Gasteiger partial charge >= 0.3 is 29.6 Å². The van der Waals surface area contributed by atoms with Crippen LogP contribution in [0.3, 0.4) is 0 Å². The third kappa shape index (κ3) is 6.27. The van der Waals surface area contributed by atoms with Crippen LogP contribution in [0.15, 0.2) is 51.0 Å². The van der Waals surface area contributed by atoms with Crippen molar-refractivity contribution in [2.24, 2.45) is 5.10 Å². The van der Waals surface area contributed by atoms with E-state index in [1.807, 2.05) is 0 Å². The van der Waals surface area contributed by atoms with Crippen LogP contribution in [0.5, 0.6) is 5.75 Å². The maximum atomic E-state index is 11.5. The molecule has 122 valence electrons. The molecule has 2 aromatic rings. The maximum absolute atomic E-state index is 11.5.